The number of benzene rings is 3. The number of esters is 1. The van der Waals surface area contributed by atoms with Crippen LogP contribution in [0.15, 0.2) is 65.5 Å². The normalized spacial score (nSPS) is 11.3. The highest BCUT2D eigenvalue weighted by Crippen LogP contribution is 2.34. The second kappa shape index (κ2) is 11.0. The van der Waals surface area contributed by atoms with Gasteiger partial charge in [0.05, 0.1) is 34.3 Å². The Morgan fingerprint density at radius 2 is 1.64 bits per heavy atom. The molecule has 0 saturated carbocycles. The van der Waals surface area contributed by atoms with Crippen LogP contribution in [0, 0.1) is 13.8 Å². The van der Waals surface area contributed by atoms with Gasteiger partial charge in [0.1, 0.15) is 5.75 Å². The first kappa shape index (κ1) is 27.4. The van der Waals surface area contributed by atoms with E-state index in [0.717, 1.165) is 16.7 Å². The second-order valence-electron chi connectivity index (χ2n) is 8.45. The third-order valence-corrected chi connectivity index (χ3v) is 5.87. The van der Waals surface area contributed by atoms with Crippen LogP contribution in [0.4, 0.5) is 18.0 Å². The molecule has 11 heteroatoms. The highest BCUT2D eigenvalue weighted by Gasteiger charge is 2.35. The van der Waals surface area contributed by atoms with E-state index in [-0.39, 0.29) is 40.2 Å². The number of ether oxygens (including phenoxy) is 3. The molecule has 0 radical (unpaired) electrons. The zero-order valence-corrected chi connectivity index (χ0v) is 21.2. The Hall–Kier alpha value is -4.67. The Labute approximate surface area is 220 Å². The average molecular weight is 540 g/mol. The molecule has 0 amide bonds. The van der Waals surface area contributed by atoms with Gasteiger partial charge in [-0.05, 0) is 62.2 Å². The summed E-state index contributed by atoms with van der Waals surface area (Å²) >= 11 is 0. The molecule has 0 N–H and O–H groups in total. The number of aryl methyl sites for hydroxylation is 2. The van der Waals surface area contributed by atoms with Gasteiger partial charge < -0.3 is 14.2 Å². The van der Waals surface area contributed by atoms with Gasteiger partial charge in [-0.15, -0.1) is 0 Å². The number of nitrogens with zero attached hydrogens (tertiary/aromatic N) is 2. The van der Waals surface area contributed by atoms with Crippen LogP contribution in [0.5, 0.6) is 5.75 Å². The summed E-state index contributed by atoms with van der Waals surface area (Å²) in [4.78, 5) is 43.2. The summed E-state index contributed by atoms with van der Waals surface area (Å²) < 4.78 is 57.9. The van der Waals surface area contributed by atoms with Crippen molar-refractivity contribution in [3.8, 4) is 11.4 Å². The lowest BCUT2D eigenvalue weighted by Crippen LogP contribution is -2.28. The number of fused-ring (bicyclic) bond motifs is 1. The summed E-state index contributed by atoms with van der Waals surface area (Å²) in [5.74, 6) is -0.768. The maximum atomic E-state index is 14.0. The highest BCUT2D eigenvalue weighted by molar-refractivity contribution is 5.99. The fourth-order valence-electron chi connectivity index (χ4n) is 4.25. The van der Waals surface area contributed by atoms with Crippen LogP contribution in [0.3, 0.4) is 0 Å². The van der Waals surface area contributed by atoms with Crippen LogP contribution in [0.25, 0.3) is 16.6 Å². The van der Waals surface area contributed by atoms with Crippen molar-refractivity contribution in [2.75, 3.05) is 6.61 Å². The summed E-state index contributed by atoms with van der Waals surface area (Å²) in [6, 6.07) is 13.9. The minimum absolute atomic E-state index is 0.0729. The maximum absolute atomic E-state index is 14.0. The zero-order valence-electron chi connectivity index (χ0n) is 21.2. The molecule has 0 saturated heterocycles. The molecule has 0 bridgehead atoms. The van der Waals surface area contributed by atoms with Crippen molar-refractivity contribution in [2.45, 2.75) is 33.6 Å². The molecule has 0 aliphatic carbocycles. The van der Waals surface area contributed by atoms with Gasteiger partial charge in [-0.25, -0.2) is 14.6 Å². The van der Waals surface area contributed by atoms with E-state index in [1.807, 2.05) is 0 Å². The molecule has 0 aliphatic heterocycles. The van der Waals surface area contributed by atoms with Crippen molar-refractivity contribution in [2.24, 2.45) is 0 Å². The quantitative estimate of drug-likeness (QED) is 0.221. The minimum Gasteiger partial charge on any atom is -0.462 e. The van der Waals surface area contributed by atoms with Gasteiger partial charge >= 0.3 is 18.3 Å². The minimum atomic E-state index is -4.81. The molecule has 39 heavy (non-hydrogen) atoms. The topological polar surface area (TPSA) is 96.7 Å². The number of alkyl halides is 3. The smallest absolute Gasteiger partial charge is 0.462 e. The van der Waals surface area contributed by atoms with E-state index in [0.29, 0.717) is 5.56 Å². The summed E-state index contributed by atoms with van der Waals surface area (Å²) in [6.45, 7) is 4.16. The largest absolute Gasteiger partial charge is 0.514 e. The van der Waals surface area contributed by atoms with E-state index in [1.165, 1.54) is 37.3 Å². The van der Waals surface area contributed by atoms with Gasteiger partial charge in [-0.3, -0.25) is 9.36 Å². The molecular formula is C28H23F3N2O6. The fourth-order valence-corrected chi connectivity index (χ4v) is 4.25. The molecular weight excluding hydrogens is 517 g/mol. The number of carbonyl (C=O) groups excluding carboxylic acids is 2. The van der Waals surface area contributed by atoms with Gasteiger partial charge in [0, 0.05) is 0 Å². The molecule has 0 spiro atoms. The number of hydrogen-bond donors (Lipinski definition) is 0. The number of aromatic nitrogens is 2. The van der Waals surface area contributed by atoms with E-state index in [2.05, 4.69) is 4.98 Å². The molecule has 1 aromatic heterocycles. The predicted molar refractivity (Wildman–Crippen MR) is 135 cm³/mol. The molecule has 4 aromatic rings. The SMILES string of the molecule is CCOC(=O)c1c(C)cc2nc(COC(=O)Oc3ccccc3)n(-c3ccccc3C(F)(F)F)c(=O)c2c1C. The van der Waals surface area contributed by atoms with Crippen LogP contribution in [0.1, 0.15) is 39.8 Å². The number of halogens is 3. The van der Waals surface area contributed by atoms with Crippen molar-refractivity contribution in [3.63, 3.8) is 0 Å². The first-order chi connectivity index (χ1) is 18.5. The number of carbonyl (C=O) groups is 2. The van der Waals surface area contributed by atoms with Crippen LogP contribution in [-0.2, 0) is 22.3 Å². The van der Waals surface area contributed by atoms with Crippen LogP contribution >= 0.6 is 0 Å². The standard InChI is InChI=1S/C28H23F3N2O6/c1-4-37-26(35)23-16(2)14-20-24(17(23)3)25(34)33(21-13-9-8-12-19(21)28(29,30)31)22(32-20)15-38-27(36)39-18-10-6-5-7-11-18/h5-14H,4,15H2,1-3H3. The first-order valence-electron chi connectivity index (χ1n) is 11.8. The summed E-state index contributed by atoms with van der Waals surface area (Å²) in [6.07, 6.45) is -5.95. The molecule has 8 nitrogen and oxygen atoms in total. The van der Waals surface area contributed by atoms with Crippen molar-refractivity contribution < 1.29 is 37.0 Å². The summed E-state index contributed by atoms with van der Waals surface area (Å²) in [5, 5.41) is -0.0729. The Balaban J connectivity index is 1.91. The Bertz CT molecular complexity index is 1610. The van der Waals surface area contributed by atoms with E-state index in [9.17, 15) is 27.6 Å². The van der Waals surface area contributed by atoms with Crippen molar-refractivity contribution in [1.82, 2.24) is 9.55 Å². The third-order valence-electron chi connectivity index (χ3n) is 5.87. The second-order valence-corrected chi connectivity index (χ2v) is 8.45. The lowest BCUT2D eigenvalue weighted by Gasteiger charge is -2.19. The monoisotopic (exact) mass is 540 g/mol. The van der Waals surface area contributed by atoms with Crippen molar-refractivity contribution in [3.05, 3.63) is 99.1 Å². The fraction of sp³-hybridized carbons (Fsp3) is 0.214. The maximum Gasteiger partial charge on any atom is 0.514 e. The molecule has 0 atom stereocenters. The van der Waals surface area contributed by atoms with Gasteiger partial charge in [0.25, 0.3) is 5.56 Å². The zero-order chi connectivity index (χ0) is 28.3. The van der Waals surface area contributed by atoms with E-state index in [1.54, 1.807) is 32.0 Å². The lowest BCUT2D eigenvalue weighted by atomic mass is 9.98. The van der Waals surface area contributed by atoms with E-state index < -0.39 is 41.7 Å². The van der Waals surface area contributed by atoms with Crippen LogP contribution in [0.2, 0.25) is 0 Å². The number of hydrogen-bond acceptors (Lipinski definition) is 7. The van der Waals surface area contributed by atoms with Gasteiger partial charge in [0.15, 0.2) is 12.4 Å². The molecule has 3 aromatic carbocycles. The van der Waals surface area contributed by atoms with Gasteiger partial charge in [0.2, 0.25) is 0 Å². The molecule has 0 fully saturated rings. The molecule has 0 unspecified atom stereocenters. The lowest BCUT2D eigenvalue weighted by molar-refractivity contribution is -0.137. The third kappa shape index (κ3) is 5.62. The van der Waals surface area contributed by atoms with Crippen molar-refractivity contribution >= 4 is 23.0 Å². The molecule has 202 valence electrons. The van der Waals surface area contributed by atoms with Gasteiger partial charge in [-0.1, -0.05) is 30.3 Å². The Kier molecular flexibility index (Phi) is 7.70. The Morgan fingerprint density at radius 3 is 2.31 bits per heavy atom. The van der Waals surface area contributed by atoms with Crippen LogP contribution in [-0.4, -0.2) is 28.3 Å². The van der Waals surface area contributed by atoms with Crippen LogP contribution < -0.4 is 10.3 Å². The molecule has 4 rings (SSSR count). The highest BCUT2D eigenvalue weighted by atomic mass is 19.4. The summed E-state index contributed by atoms with van der Waals surface area (Å²) in [7, 11) is 0. The number of rotatable bonds is 6. The first-order valence-corrected chi connectivity index (χ1v) is 11.8. The van der Waals surface area contributed by atoms with E-state index >= 15 is 0 Å². The number of para-hydroxylation sites is 2. The van der Waals surface area contributed by atoms with Crippen molar-refractivity contribution in [1.29, 1.82) is 0 Å². The summed E-state index contributed by atoms with van der Waals surface area (Å²) in [5.41, 5.74) is -1.61. The molecule has 0 aliphatic rings. The Morgan fingerprint density at radius 1 is 0.974 bits per heavy atom. The van der Waals surface area contributed by atoms with Gasteiger partial charge in [-0.2, -0.15) is 13.2 Å². The molecule has 1 heterocycles. The van der Waals surface area contributed by atoms with E-state index in [4.69, 9.17) is 14.2 Å². The average Bonchev–Trinajstić information content (AvgIpc) is 2.87. The predicted octanol–water partition coefficient (Wildman–Crippen LogP) is 5.91.